The van der Waals surface area contributed by atoms with Crippen LogP contribution in [0.2, 0.25) is 0 Å². The van der Waals surface area contributed by atoms with Gasteiger partial charge in [-0.25, -0.2) is 0 Å². The van der Waals surface area contributed by atoms with E-state index in [0.29, 0.717) is 13.2 Å². The van der Waals surface area contributed by atoms with Gasteiger partial charge in [-0.2, -0.15) is 0 Å². The minimum atomic E-state index is 0. The number of benzene rings is 2. The monoisotopic (exact) mass is 513 g/mol. The smallest absolute Gasteiger partial charge is 0.193 e. The zero-order valence-corrected chi connectivity index (χ0v) is 20.0. The molecule has 160 valence electrons. The summed E-state index contributed by atoms with van der Waals surface area (Å²) in [6.45, 7) is 2.81. The lowest BCUT2D eigenvalue weighted by molar-refractivity contribution is 0.119. The van der Waals surface area contributed by atoms with Crippen LogP contribution in [0.3, 0.4) is 0 Å². The zero-order valence-electron chi connectivity index (χ0n) is 17.7. The molecule has 0 saturated heterocycles. The van der Waals surface area contributed by atoms with Gasteiger partial charge in [-0.15, -0.1) is 24.0 Å². The van der Waals surface area contributed by atoms with Crippen molar-refractivity contribution in [2.45, 2.75) is 19.6 Å². The minimum absolute atomic E-state index is 0. The van der Waals surface area contributed by atoms with E-state index >= 15 is 0 Å². The maximum atomic E-state index is 5.74. The molecule has 0 amide bonds. The Morgan fingerprint density at radius 2 is 1.76 bits per heavy atom. The summed E-state index contributed by atoms with van der Waals surface area (Å²) in [5.41, 5.74) is 2.26. The van der Waals surface area contributed by atoms with E-state index in [0.717, 1.165) is 48.1 Å². The van der Waals surface area contributed by atoms with Crippen molar-refractivity contribution < 1.29 is 14.2 Å². The quantitative estimate of drug-likeness (QED) is 0.226. The average molecular weight is 513 g/mol. The number of halogens is 1. The number of ether oxygens (including phenoxy) is 3. The second-order valence-corrected chi connectivity index (χ2v) is 6.40. The number of para-hydroxylation sites is 1. The Kier molecular flexibility index (Phi) is 12.1. The maximum absolute atomic E-state index is 5.74. The highest BCUT2D eigenvalue weighted by Gasteiger charge is 2.09. The average Bonchev–Trinajstić information content (AvgIpc) is 2.74. The molecular weight excluding hydrogens is 481 g/mol. The Morgan fingerprint density at radius 3 is 2.41 bits per heavy atom. The van der Waals surface area contributed by atoms with Gasteiger partial charge >= 0.3 is 0 Å². The summed E-state index contributed by atoms with van der Waals surface area (Å²) < 4.78 is 16.3. The molecule has 2 rings (SSSR count). The number of guanidine groups is 1. The van der Waals surface area contributed by atoms with Gasteiger partial charge in [0.25, 0.3) is 0 Å². The van der Waals surface area contributed by atoms with Gasteiger partial charge in [0.05, 0.1) is 20.8 Å². The van der Waals surface area contributed by atoms with Crippen LogP contribution in [0.1, 0.15) is 17.5 Å². The lowest BCUT2D eigenvalue weighted by atomic mass is 10.2. The van der Waals surface area contributed by atoms with Crippen molar-refractivity contribution in [1.82, 2.24) is 10.2 Å². The number of rotatable bonds is 10. The number of nitrogens with one attached hydrogen (secondary N) is 1. The summed E-state index contributed by atoms with van der Waals surface area (Å²) >= 11 is 0. The molecule has 0 fully saturated rings. The van der Waals surface area contributed by atoms with Gasteiger partial charge in [0.1, 0.15) is 11.5 Å². The molecule has 0 unspecified atom stereocenters. The molecule has 0 heterocycles. The van der Waals surface area contributed by atoms with Gasteiger partial charge in [-0.3, -0.25) is 4.99 Å². The summed E-state index contributed by atoms with van der Waals surface area (Å²) in [4.78, 5) is 6.44. The summed E-state index contributed by atoms with van der Waals surface area (Å²) in [6.07, 6.45) is 0.900. The highest BCUT2D eigenvalue weighted by atomic mass is 127. The zero-order chi connectivity index (χ0) is 20.2. The Hall–Kier alpha value is -2.00. The standard InChI is InChI=1S/C22H31N3O3.HI/c1-23-22(25(2)16-19-8-5-6-9-21(19)27-4)24-14-7-15-28-17-18-10-12-20(26-3)13-11-18;/h5-6,8-13H,7,14-17H2,1-4H3,(H,23,24);1H. The van der Waals surface area contributed by atoms with E-state index in [1.807, 2.05) is 49.5 Å². The van der Waals surface area contributed by atoms with E-state index in [-0.39, 0.29) is 24.0 Å². The minimum Gasteiger partial charge on any atom is -0.497 e. The highest BCUT2D eigenvalue weighted by molar-refractivity contribution is 14.0. The molecule has 0 bridgehead atoms. The Labute approximate surface area is 191 Å². The predicted octanol–water partition coefficient (Wildman–Crippen LogP) is 3.94. The fraction of sp³-hybridized carbons (Fsp3) is 0.409. The van der Waals surface area contributed by atoms with Crippen LogP contribution in [0.15, 0.2) is 53.5 Å². The van der Waals surface area contributed by atoms with Crippen LogP contribution in [0.5, 0.6) is 11.5 Å². The second kappa shape index (κ2) is 14.1. The molecule has 2 aromatic carbocycles. The van der Waals surface area contributed by atoms with Crippen molar-refractivity contribution >= 4 is 29.9 Å². The Bertz CT molecular complexity index is 738. The molecule has 0 aliphatic rings. The first-order chi connectivity index (χ1) is 13.7. The first-order valence-corrected chi connectivity index (χ1v) is 9.42. The largest absolute Gasteiger partial charge is 0.497 e. The van der Waals surface area contributed by atoms with Crippen LogP contribution in [-0.2, 0) is 17.9 Å². The van der Waals surface area contributed by atoms with E-state index in [1.165, 1.54) is 0 Å². The molecule has 0 aromatic heterocycles. The van der Waals surface area contributed by atoms with Gasteiger partial charge < -0.3 is 24.4 Å². The summed E-state index contributed by atoms with van der Waals surface area (Å²) in [7, 11) is 7.17. The molecule has 0 aliphatic carbocycles. The fourth-order valence-corrected chi connectivity index (χ4v) is 2.83. The number of methoxy groups -OCH3 is 2. The lowest BCUT2D eigenvalue weighted by Gasteiger charge is -2.23. The van der Waals surface area contributed by atoms with Crippen molar-refractivity contribution in [1.29, 1.82) is 0 Å². The molecule has 1 N–H and O–H groups in total. The lowest BCUT2D eigenvalue weighted by Crippen LogP contribution is -2.39. The van der Waals surface area contributed by atoms with Crippen LogP contribution < -0.4 is 14.8 Å². The molecule has 6 nitrogen and oxygen atoms in total. The van der Waals surface area contributed by atoms with Crippen LogP contribution >= 0.6 is 24.0 Å². The van der Waals surface area contributed by atoms with Crippen LogP contribution in [-0.4, -0.2) is 52.3 Å². The summed E-state index contributed by atoms with van der Waals surface area (Å²) in [5.74, 6) is 2.59. The molecular formula is C22H32IN3O3. The van der Waals surface area contributed by atoms with Crippen molar-refractivity contribution in [2.75, 3.05) is 41.5 Å². The first-order valence-electron chi connectivity index (χ1n) is 9.42. The van der Waals surface area contributed by atoms with Gasteiger partial charge in [0.15, 0.2) is 5.96 Å². The van der Waals surface area contributed by atoms with Crippen molar-refractivity contribution in [3.63, 3.8) is 0 Å². The van der Waals surface area contributed by atoms with Crippen LogP contribution in [0, 0.1) is 0 Å². The van der Waals surface area contributed by atoms with Gasteiger partial charge in [0.2, 0.25) is 0 Å². The third-order valence-electron chi connectivity index (χ3n) is 4.35. The van der Waals surface area contributed by atoms with E-state index in [2.05, 4.69) is 21.3 Å². The molecule has 0 atom stereocenters. The van der Waals surface area contributed by atoms with Crippen molar-refractivity contribution in [2.24, 2.45) is 4.99 Å². The molecule has 0 saturated carbocycles. The summed E-state index contributed by atoms with van der Waals surface area (Å²) in [6, 6.07) is 16.0. The third kappa shape index (κ3) is 8.49. The van der Waals surface area contributed by atoms with Crippen LogP contribution in [0.4, 0.5) is 0 Å². The SMILES string of the molecule is CN=C(NCCCOCc1ccc(OC)cc1)N(C)Cc1ccccc1OC.I. The van der Waals surface area contributed by atoms with E-state index < -0.39 is 0 Å². The molecule has 29 heavy (non-hydrogen) atoms. The van der Waals surface area contributed by atoms with E-state index in [9.17, 15) is 0 Å². The Balaban J connectivity index is 0.00000420. The first kappa shape index (κ1) is 25.0. The third-order valence-corrected chi connectivity index (χ3v) is 4.35. The molecule has 7 heteroatoms. The number of nitrogens with zero attached hydrogens (tertiary/aromatic N) is 2. The molecule has 0 radical (unpaired) electrons. The number of aliphatic imine (C=N–C) groups is 1. The van der Waals surface area contributed by atoms with Gasteiger partial charge in [-0.1, -0.05) is 30.3 Å². The van der Waals surface area contributed by atoms with Gasteiger partial charge in [0, 0.05) is 39.4 Å². The number of hydrogen-bond donors (Lipinski definition) is 1. The van der Waals surface area contributed by atoms with Crippen LogP contribution in [0.25, 0.3) is 0 Å². The van der Waals surface area contributed by atoms with E-state index in [4.69, 9.17) is 14.2 Å². The maximum Gasteiger partial charge on any atom is 0.193 e. The Morgan fingerprint density at radius 1 is 1.03 bits per heavy atom. The molecule has 2 aromatic rings. The molecule has 0 spiro atoms. The van der Waals surface area contributed by atoms with Crippen molar-refractivity contribution in [3.05, 3.63) is 59.7 Å². The van der Waals surface area contributed by atoms with E-state index in [1.54, 1.807) is 21.3 Å². The highest BCUT2D eigenvalue weighted by Crippen LogP contribution is 2.18. The van der Waals surface area contributed by atoms with Gasteiger partial charge in [-0.05, 0) is 30.2 Å². The normalized spacial score (nSPS) is 10.8. The fourth-order valence-electron chi connectivity index (χ4n) is 2.83. The second-order valence-electron chi connectivity index (χ2n) is 6.40. The number of hydrogen-bond acceptors (Lipinski definition) is 4. The topological polar surface area (TPSA) is 55.3 Å². The summed E-state index contributed by atoms with van der Waals surface area (Å²) in [5, 5.41) is 3.38. The predicted molar refractivity (Wildman–Crippen MR) is 129 cm³/mol. The van der Waals surface area contributed by atoms with Crippen molar-refractivity contribution in [3.8, 4) is 11.5 Å². The molecule has 0 aliphatic heterocycles.